The first kappa shape index (κ1) is 13.2. The second-order valence-corrected chi connectivity index (χ2v) is 3.73. The van der Waals surface area contributed by atoms with E-state index in [9.17, 15) is 4.79 Å². The highest BCUT2D eigenvalue weighted by atomic mass is 16.5. The summed E-state index contributed by atoms with van der Waals surface area (Å²) in [4.78, 5) is 11.5. The molecular formula is C13H16N2O2. The van der Waals surface area contributed by atoms with Gasteiger partial charge in [0.1, 0.15) is 6.61 Å². The predicted octanol–water partition coefficient (Wildman–Crippen LogP) is 2.25. The summed E-state index contributed by atoms with van der Waals surface area (Å²) in [5, 5.41) is 11.1. The highest BCUT2D eigenvalue weighted by Gasteiger charge is 2.02. The zero-order valence-electron chi connectivity index (χ0n) is 9.90. The number of amides is 1. The minimum absolute atomic E-state index is 0.0272. The number of unbranched alkanes of at least 4 members (excludes halogenated alkanes) is 1. The Balaban J connectivity index is 2.23. The van der Waals surface area contributed by atoms with E-state index in [0.29, 0.717) is 19.4 Å². The quantitative estimate of drug-likeness (QED) is 0.765. The van der Waals surface area contributed by atoms with Crippen LogP contribution in [0.2, 0.25) is 0 Å². The molecule has 1 N–H and O–H groups in total. The predicted molar refractivity (Wildman–Crippen MR) is 65.5 cm³/mol. The molecule has 0 aliphatic carbocycles. The summed E-state index contributed by atoms with van der Waals surface area (Å²) in [6.07, 6.45) is 1.12. The minimum Gasteiger partial charge on any atom is -0.372 e. The number of ether oxygens (including phenoxy) is 1. The molecule has 0 spiro atoms. The van der Waals surface area contributed by atoms with Gasteiger partial charge in [-0.15, -0.1) is 0 Å². The molecule has 4 heteroatoms. The lowest BCUT2D eigenvalue weighted by atomic mass is 10.2. The van der Waals surface area contributed by atoms with Crippen LogP contribution in [0.15, 0.2) is 24.3 Å². The Bertz CT molecular complexity index is 410. The minimum atomic E-state index is -0.174. The summed E-state index contributed by atoms with van der Waals surface area (Å²) in [7, 11) is 0. The molecule has 0 bridgehead atoms. The number of rotatable bonds is 6. The molecule has 0 aliphatic heterocycles. The summed E-state index contributed by atoms with van der Waals surface area (Å²) in [5.74, 6) is -0.174. The molecular weight excluding hydrogens is 216 g/mol. The fourth-order valence-corrected chi connectivity index (χ4v) is 1.34. The Kier molecular flexibility index (Phi) is 5.76. The van der Waals surface area contributed by atoms with Gasteiger partial charge in [0, 0.05) is 18.7 Å². The molecule has 1 aromatic rings. The maximum Gasteiger partial charge on any atom is 0.250 e. The van der Waals surface area contributed by atoms with E-state index in [1.165, 1.54) is 0 Å². The lowest BCUT2D eigenvalue weighted by Crippen LogP contribution is -2.18. The van der Waals surface area contributed by atoms with Crippen molar-refractivity contribution in [2.24, 2.45) is 0 Å². The smallest absolute Gasteiger partial charge is 0.250 e. The van der Waals surface area contributed by atoms with E-state index < -0.39 is 0 Å². The van der Waals surface area contributed by atoms with Gasteiger partial charge >= 0.3 is 0 Å². The number of nitrogens with one attached hydrogen (secondary N) is 1. The maximum atomic E-state index is 11.5. The van der Waals surface area contributed by atoms with Gasteiger partial charge in [-0.05, 0) is 31.0 Å². The lowest BCUT2D eigenvalue weighted by Gasteiger charge is -2.06. The van der Waals surface area contributed by atoms with Crippen molar-refractivity contribution in [3.8, 4) is 6.07 Å². The van der Waals surface area contributed by atoms with Crippen LogP contribution in [-0.4, -0.2) is 19.1 Å². The molecule has 0 unspecified atom stereocenters. The van der Waals surface area contributed by atoms with Crippen LogP contribution < -0.4 is 5.32 Å². The molecule has 4 nitrogen and oxygen atoms in total. The third kappa shape index (κ3) is 5.69. The maximum absolute atomic E-state index is 11.5. The molecule has 0 aliphatic rings. The fourth-order valence-electron chi connectivity index (χ4n) is 1.34. The van der Waals surface area contributed by atoms with Gasteiger partial charge in [0.25, 0.3) is 0 Å². The summed E-state index contributed by atoms with van der Waals surface area (Å²) < 4.78 is 5.14. The topological polar surface area (TPSA) is 62.1 Å². The molecule has 0 heterocycles. The number of benzene rings is 1. The summed E-state index contributed by atoms with van der Waals surface area (Å²) in [6, 6.07) is 9.61. The van der Waals surface area contributed by atoms with E-state index in [-0.39, 0.29) is 12.5 Å². The Morgan fingerprint density at radius 3 is 3.06 bits per heavy atom. The zero-order chi connectivity index (χ0) is 12.5. The number of anilines is 1. The number of carbonyl (C=O) groups is 1. The SMILES string of the molecule is Cc1cccc(NC(=O)COCCCC#N)c1. The fraction of sp³-hybridized carbons (Fsp3) is 0.385. The Morgan fingerprint density at radius 1 is 1.53 bits per heavy atom. The number of aryl methyl sites for hydroxylation is 1. The van der Waals surface area contributed by atoms with Crippen molar-refractivity contribution in [3.63, 3.8) is 0 Å². The molecule has 0 saturated heterocycles. The van der Waals surface area contributed by atoms with Gasteiger partial charge in [-0.25, -0.2) is 0 Å². The van der Waals surface area contributed by atoms with Gasteiger partial charge in [-0.2, -0.15) is 5.26 Å². The van der Waals surface area contributed by atoms with Crippen molar-refractivity contribution in [2.45, 2.75) is 19.8 Å². The summed E-state index contributed by atoms with van der Waals surface area (Å²) in [5.41, 5.74) is 1.87. The van der Waals surface area contributed by atoms with Gasteiger partial charge in [-0.1, -0.05) is 12.1 Å². The van der Waals surface area contributed by atoms with E-state index >= 15 is 0 Å². The van der Waals surface area contributed by atoms with Crippen LogP contribution in [0.3, 0.4) is 0 Å². The van der Waals surface area contributed by atoms with Crippen LogP contribution >= 0.6 is 0 Å². The molecule has 0 aromatic heterocycles. The van der Waals surface area contributed by atoms with Crippen LogP contribution in [0.1, 0.15) is 18.4 Å². The number of nitriles is 1. The second kappa shape index (κ2) is 7.42. The third-order valence-electron chi connectivity index (χ3n) is 2.11. The van der Waals surface area contributed by atoms with Crippen molar-refractivity contribution in [1.82, 2.24) is 0 Å². The average Bonchev–Trinajstić information content (AvgIpc) is 2.29. The lowest BCUT2D eigenvalue weighted by molar-refractivity contribution is -0.120. The van der Waals surface area contributed by atoms with Crippen molar-refractivity contribution in [2.75, 3.05) is 18.5 Å². The largest absolute Gasteiger partial charge is 0.372 e. The molecule has 0 atom stereocenters. The van der Waals surface area contributed by atoms with Crippen LogP contribution in [-0.2, 0) is 9.53 Å². The van der Waals surface area contributed by atoms with Crippen LogP contribution in [0.5, 0.6) is 0 Å². The second-order valence-electron chi connectivity index (χ2n) is 3.73. The van der Waals surface area contributed by atoms with Crippen LogP contribution in [0.25, 0.3) is 0 Å². The zero-order valence-corrected chi connectivity index (χ0v) is 9.90. The molecule has 90 valence electrons. The normalized spacial score (nSPS) is 9.65. The highest BCUT2D eigenvalue weighted by Crippen LogP contribution is 2.09. The van der Waals surface area contributed by atoms with Crippen LogP contribution in [0.4, 0.5) is 5.69 Å². The molecule has 17 heavy (non-hydrogen) atoms. The number of hydrogen-bond acceptors (Lipinski definition) is 3. The van der Waals surface area contributed by atoms with Gasteiger partial charge in [0.15, 0.2) is 0 Å². The highest BCUT2D eigenvalue weighted by molar-refractivity contribution is 5.91. The monoisotopic (exact) mass is 232 g/mol. The first-order valence-corrected chi connectivity index (χ1v) is 5.53. The molecule has 1 aromatic carbocycles. The summed E-state index contributed by atoms with van der Waals surface area (Å²) >= 11 is 0. The summed E-state index contributed by atoms with van der Waals surface area (Å²) in [6.45, 7) is 2.43. The Labute approximate surface area is 101 Å². The molecule has 0 radical (unpaired) electrons. The average molecular weight is 232 g/mol. The Morgan fingerprint density at radius 2 is 2.35 bits per heavy atom. The van der Waals surface area contributed by atoms with Crippen molar-refractivity contribution in [1.29, 1.82) is 5.26 Å². The number of nitrogens with zero attached hydrogens (tertiary/aromatic N) is 1. The van der Waals surface area contributed by atoms with E-state index in [1.807, 2.05) is 37.3 Å². The number of carbonyl (C=O) groups excluding carboxylic acids is 1. The van der Waals surface area contributed by atoms with E-state index in [4.69, 9.17) is 10.00 Å². The van der Waals surface area contributed by atoms with Crippen molar-refractivity contribution < 1.29 is 9.53 Å². The molecule has 1 amide bonds. The first-order valence-electron chi connectivity index (χ1n) is 5.53. The molecule has 0 fully saturated rings. The van der Waals surface area contributed by atoms with E-state index in [0.717, 1.165) is 11.3 Å². The van der Waals surface area contributed by atoms with Gasteiger partial charge < -0.3 is 10.1 Å². The Hall–Kier alpha value is -1.86. The van der Waals surface area contributed by atoms with E-state index in [1.54, 1.807) is 0 Å². The number of hydrogen-bond donors (Lipinski definition) is 1. The van der Waals surface area contributed by atoms with Gasteiger partial charge in [0.2, 0.25) is 5.91 Å². The van der Waals surface area contributed by atoms with Gasteiger partial charge in [0.05, 0.1) is 6.07 Å². The third-order valence-corrected chi connectivity index (χ3v) is 2.11. The molecule has 0 saturated carbocycles. The van der Waals surface area contributed by atoms with E-state index in [2.05, 4.69) is 5.32 Å². The molecule has 1 rings (SSSR count). The van der Waals surface area contributed by atoms with Crippen molar-refractivity contribution >= 4 is 11.6 Å². The van der Waals surface area contributed by atoms with Gasteiger partial charge in [-0.3, -0.25) is 4.79 Å². The van der Waals surface area contributed by atoms with Crippen molar-refractivity contribution in [3.05, 3.63) is 29.8 Å². The van der Waals surface area contributed by atoms with Crippen LogP contribution in [0, 0.1) is 18.3 Å². The standard InChI is InChI=1S/C13H16N2O2/c1-11-5-4-6-12(9-11)15-13(16)10-17-8-3-2-7-14/h4-6,9H,2-3,8,10H2,1H3,(H,15,16). The first-order chi connectivity index (χ1) is 8.22.